The molecule has 0 aliphatic rings. The molecular formula is C23H35N3O2. The van der Waals surface area contributed by atoms with E-state index in [4.69, 9.17) is 4.98 Å². The third-order valence-corrected chi connectivity index (χ3v) is 5.43. The summed E-state index contributed by atoms with van der Waals surface area (Å²) < 4.78 is 1.74. The van der Waals surface area contributed by atoms with E-state index in [0.717, 1.165) is 19.3 Å². The summed E-state index contributed by atoms with van der Waals surface area (Å²) in [5.41, 5.74) is 0.671. The molecule has 0 spiro atoms. The van der Waals surface area contributed by atoms with Crippen LogP contribution in [0.15, 0.2) is 29.1 Å². The molecule has 0 bridgehead atoms. The second-order valence-electron chi connectivity index (χ2n) is 7.64. The SMILES string of the molecule is CCCCCCCCC(=O)N(C)C(C)c1nc2ccccc2c(=O)n1CCC. The van der Waals surface area contributed by atoms with Gasteiger partial charge in [-0.15, -0.1) is 0 Å². The molecule has 0 aliphatic heterocycles. The van der Waals surface area contributed by atoms with Gasteiger partial charge in [0.25, 0.3) is 5.56 Å². The van der Waals surface area contributed by atoms with Gasteiger partial charge in [-0.25, -0.2) is 4.98 Å². The highest BCUT2D eigenvalue weighted by molar-refractivity contribution is 5.78. The van der Waals surface area contributed by atoms with Crippen molar-refractivity contribution in [3.63, 3.8) is 0 Å². The van der Waals surface area contributed by atoms with Crippen molar-refractivity contribution >= 4 is 16.8 Å². The fourth-order valence-corrected chi connectivity index (χ4v) is 3.57. The van der Waals surface area contributed by atoms with Crippen molar-refractivity contribution in [1.82, 2.24) is 14.5 Å². The smallest absolute Gasteiger partial charge is 0.261 e. The van der Waals surface area contributed by atoms with Crippen LogP contribution in [0.3, 0.4) is 0 Å². The third kappa shape index (κ3) is 5.43. The molecule has 1 atom stereocenters. The molecule has 1 aromatic carbocycles. The molecule has 0 saturated carbocycles. The summed E-state index contributed by atoms with van der Waals surface area (Å²) >= 11 is 0. The Morgan fingerprint density at radius 3 is 2.46 bits per heavy atom. The Bertz CT molecular complexity index is 828. The Morgan fingerprint density at radius 2 is 1.75 bits per heavy atom. The lowest BCUT2D eigenvalue weighted by molar-refractivity contribution is -0.132. The van der Waals surface area contributed by atoms with Gasteiger partial charge in [0.05, 0.1) is 16.9 Å². The molecule has 5 heteroatoms. The second kappa shape index (κ2) is 11.0. The summed E-state index contributed by atoms with van der Waals surface area (Å²) in [5.74, 6) is 0.790. The Kier molecular flexibility index (Phi) is 8.68. The molecule has 1 aromatic heterocycles. The molecule has 0 saturated heterocycles. The number of fused-ring (bicyclic) bond motifs is 1. The van der Waals surface area contributed by atoms with Crippen LogP contribution in [0.1, 0.15) is 84.0 Å². The molecule has 0 fully saturated rings. The summed E-state index contributed by atoms with van der Waals surface area (Å²) in [7, 11) is 1.82. The lowest BCUT2D eigenvalue weighted by Gasteiger charge is -2.27. The molecule has 2 rings (SSSR count). The summed E-state index contributed by atoms with van der Waals surface area (Å²) in [6, 6.07) is 7.19. The molecule has 1 amide bonds. The topological polar surface area (TPSA) is 55.2 Å². The average Bonchev–Trinajstić information content (AvgIpc) is 2.71. The van der Waals surface area contributed by atoms with Crippen LogP contribution < -0.4 is 5.56 Å². The standard InChI is InChI=1S/C23H35N3O2/c1-5-7-8-9-10-11-16-21(27)25(4)18(3)22-24-20-15-13-12-14-19(20)23(28)26(22)17-6-2/h12-15,18H,5-11,16-17H2,1-4H3. The third-order valence-electron chi connectivity index (χ3n) is 5.43. The minimum absolute atomic E-state index is 0.0222. The molecular weight excluding hydrogens is 350 g/mol. The van der Waals surface area contributed by atoms with E-state index in [-0.39, 0.29) is 17.5 Å². The van der Waals surface area contributed by atoms with E-state index in [1.165, 1.54) is 25.7 Å². The zero-order valence-corrected chi connectivity index (χ0v) is 17.9. The minimum Gasteiger partial charge on any atom is -0.336 e. The average molecular weight is 386 g/mol. The molecule has 1 unspecified atom stereocenters. The summed E-state index contributed by atoms with van der Waals surface area (Å²) in [6.07, 6.45) is 8.37. The van der Waals surface area contributed by atoms with E-state index in [0.29, 0.717) is 29.7 Å². The van der Waals surface area contributed by atoms with Crippen molar-refractivity contribution in [2.45, 2.75) is 84.7 Å². The zero-order valence-electron chi connectivity index (χ0n) is 17.9. The first-order valence-corrected chi connectivity index (χ1v) is 10.8. The predicted molar refractivity (Wildman–Crippen MR) is 115 cm³/mol. The first-order valence-electron chi connectivity index (χ1n) is 10.8. The van der Waals surface area contributed by atoms with Gasteiger partial charge in [-0.2, -0.15) is 0 Å². The molecule has 2 aromatic rings. The number of benzene rings is 1. The van der Waals surface area contributed by atoms with Gasteiger partial charge >= 0.3 is 0 Å². The van der Waals surface area contributed by atoms with Gasteiger partial charge < -0.3 is 4.90 Å². The maximum absolute atomic E-state index is 13.0. The van der Waals surface area contributed by atoms with Gasteiger partial charge in [-0.1, -0.05) is 58.1 Å². The summed E-state index contributed by atoms with van der Waals surface area (Å²) in [6.45, 7) is 6.82. The van der Waals surface area contributed by atoms with Crippen molar-refractivity contribution < 1.29 is 4.79 Å². The molecule has 1 heterocycles. The van der Waals surface area contributed by atoms with Crippen LogP contribution in [0.4, 0.5) is 0 Å². The zero-order chi connectivity index (χ0) is 20.5. The lowest BCUT2D eigenvalue weighted by atomic mass is 10.1. The van der Waals surface area contributed by atoms with Crippen molar-refractivity contribution in [1.29, 1.82) is 0 Å². The molecule has 154 valence electrons. The van der Waals surface area contributed by atoms with Gasteiger partial charge in [0, 0.05) is 20.0 Å². The second-order valence-corrected chi connectivity index (χ2v) is 7.64. The highest BCUT2D eigenvalue weighted by Gasteiger charge is 2.22. The van der Waals surface area contributed by atoms with E-state index in [9.17, 15) is 9.59 Å². The van der Waals surface area contributed by atoms with Crippen molar-refractivity contribution in [2.75, 3.05) is 7.05 Å². The Balaban J connectivity index is 2.14. The Morgan fingerprint density at radius 1 is 1.07 bits per heavy atom. The monoisotopic (exact) mass is 385 g/mol. The van der Waals surface area contributed by atoms with Crippen LogP contribution in [0.5, 0.6) is 0 Å². The number of unbranched alkanes of at least 4 members (excludes halogenated alkanes) is 5. The highest BCUT2D eigenvalue weighted by Crippen LogP contribution is 2.20. The summed E-state index contributed by atoms with van der Waals surface area (Å²) in [5, 5.41) is 0.632. The van der Waals surface area contributed by atoms with Gasteiger partial charge in [0.1, 0.15) is 5.82 Å². The van der Waals surface area contributed by atoms with Crippen LogP contribution in [0.25, 0.3) is 10.9 Å². The quantitative estimate of drug-likeness (QED) is 0.507. The van der Waals surface area contributed by atoms with E-state index in [1.807, 2.05) is 45.2 Å². The largest absolute Gasteiger partial charge is 0.336 e. The normalized spacial score (nSPS) is 12.3. The molecule has 28 heavy (non-hydrogen) atoms. The molecule has 0 radical (unpaired) electrons. The van der Waals surface area contributed by atoms with E-state index in [1.54, 1.807) is 9.47 Å². The number of para-hydroxylation sites is 1. The number of nitrogens with zero attached hydrogens (tertiary/aromatic N) is 3. The molecule has 0 N–H and O–H groups in total. The number of amides is 1. The van der Waals surface area contributed by atoms with Crippen LogP contribution in [0, 0.1) is 0 Å². The maximum atomic E-state index is 13.0. The van der Waals surface area contributed by atoms with Crippen LogP contribution in [-0.2, 0) is 11.3 Å². The highest BCUT2D eigenvalue weighted by atomic mass is 16.2. The first kappa shape index (κ1) is 22.1. The van der Waals surface area contributed by atoms with Crippen molar-refractivity contribution in [3.8, 4) is 0 Å². The maximum Gasteiger partial charge on any atom is 0.261 e. The lowest BCUT2D eigenvalue weighted by Crippen LogP contribution is -2.35. The van der Waals surface area contributed by atoms with E-state index < -0.39 is 0 Å². The first-order chi connectivity index (χ1) is 13.5. The number of carbonyl (C=O) groups excluding carboxylic acids is 1. The predicted octanol–water partition coefficient (Wildman–Crippen LogP) is 5.08. The number of carbonyl (C=O) groups is 1. The van der Waals surface area contributed by atoms with Gasteiger partial charge in [-0.3, -0.25) is 14.2 Å². The van der Waals surface area contributed by atoms with Crippen molar-refractivity contribution in [2.24, 2.45) is 0 Å². The Labute approximate surface area is 168 Å². The van der Waals surface area contributed by atoms with Gasteiger partial charge in [0.15, 0.2) is 0 Å². The van der Waals surface area contributed by atoms with E-state index >= 15 is 0 Å². The fraction of sp³-hybridized carbons (Fsp3) is 0.609. The van der Waals surface area contributed by atoms with Gasteiger partial charge in [0.2, 0.25) is 5.91 Å². The summed E-state index contributed by atoms with van der Waals surface area (Å²) in [4.78, 5) is 32.1. The van der Waals surface area contributed by atoms with Crippen LogP contribution in [-0.4, -0.2) is 27.4 Å². The van der Waals surface area contributed by atoms with Crippen LogP contribution >= 0.6 is 0 Å². The minimum atomic E-state index is -0.239. The number of hydrogen-bond acceptors (Lipinski definition) is 3. The van der Waals surface area contributed by atoms with Crippen molar-refractivity contribution in [3.05, 3.63) is 40.4 Å². The number of rotatable bonds is 11. The molecule has 5 nitrogen and oxygen atoms in total. The number of hydrogen-bond donors (Lipinski definition) is 0. The molecule has 0 aliphatic carbocycles. The fourth-order valence-electron chi connectivity index (χ4n) is 3.57. The number of aromatic nitrogens is 2. The van der Waals surface area contributed by atoms with Crippen LogP contribution in [0.2, 0.25) is 0 Å². The van der Waals surface area contributed by atoms with Gasteiger partial charge in [-0.05, 0) is 31.9 Å². The Hall–Kier alpha value is -2.17. The van der Waals surface area contributed by atoms with E-state index in [2.05, 4.69) is 6.92 Å².